The maximum absolute atomic E-state index is 5.63. The van der Waals surface area contributed by atoms with Crippen LogP contribution in [0.4, 0.5) is 5.82 Å². The Morgan fingerprint density at radius 2 is 2.08 bits per heavy atom. The largest absolute Gasteiger partial charge is 0.501 e. The predicted molar refractivity (Wildman–Crippen MR) is 103 cm³/mol. The van der Waals surface area contributed by atoms with Crippen molar-refractivity contribution in [2.24, 2.45) is 10.7 Å². The number of hydrogen-bond donors (Lipinski definition) is 2. The second kappa shape index (κ2) is 9.87. The number of anilines is 1. The Kier molecular flexibility index (Phi) is 7.18. The van der Waals surface area contributed by atoms with E-state index in [9.17, 15) is 0 Å². The molecule has 0 aliphatic carbocycles. The molecule has 0 atom stereocenters. The zero-order chi connectivity index (χ0) is 17.9. The number of allylic oxidation sites excluding steroid dienone is 1. The van der Waals surface area contributed by atoms with Crippen molar-refractivity contribution in [2.45, 2.75) is 13.5 Å². The van der Waals surface area contributed by atoms with Gasteiger partial charge in [-0.2, -0.15) is 0 Å². The van der Waals surface area contributed by atoms with Gasteiger partial charge in [0.25, 0.3) is 0 Å². The van der Waals surface area contributed by atoms with Gasteiger partial charge in [0.05, 0.1) is 18.6 Å². The monoisotopic (exact) mass is 337 g/mol. The summed E-state index contributed by atoms with van der Waals surface area (Å²) in [5, 5.41) is 3.29. The van der Waals surface area contributed by atoms with Gasteiger partial charge in [0.15, 0.2) is 0 Å². The van der Waals surface area contributed by atoms with Gasteiger partial charge in [0.1, 0.15) is 12.1 Å². The van der Waals surface area contributed by atoms with Crippen LogP contribution in [0.3, 0.4) is 0 Å². The Bertz CT molecular complexity index is 751. The molecular weight excluding hydrogens is 314 g/mol. The molecule has 0 aliphatic rings. The molecule has 1 aromatic heterocycles. The highest BCUT2D eigenvalue weighted by atomic mass is 16.5. The molecule has 0 saturated carbocycles. The zero-order valence-corrected chi connectivity index (χ0v) is 14.5. The molecule has 0 unspecified atom stereocenters. The molecule has 0 saturated heterocycles. The fraction of sp³-hybridized carbons (Fsp3) is 0.211. The summed E-state index contributed by atoms with van der Waals surface area (Å²) in [6.07, 6.45) is 8.26. The van der Waals surface area contributed by atoms with E-state index in [1.165, 1.54) is 6.33 Å². The molecule has 2 aromatic rings. The van der Waals surface area contributed by atoms with E-state index >= 15 is 0 Å². The van der Waals surface area contributed by atoms with Gasteiger partial charge in [-0.1, -0.05) is 24.3 Å². The molecule has 2 rings (SSSR count). The standard InChI is InChI=1S/C19H23N5O/c1-3-25-9-8-18-10-19(24-14-23-18)22-12-15-4-6-16(7-5-15)17(11-20)13-21-2/h4-11,13-14H,3,12,20H2,1-2H3,(H,22,23,24)/b9-8+,17-11+,21-13?. The minimum Gasteiger partial charge on any atom is -0.501 e. The topological polar surface area (TPSA) is 85.4 Å². The van der Waals surface area contributed by atoms with Crippen molar-refractivity contribution in [3.8, 4) is 0 Å². The van der Waals surface area contributed by atoms with Crippen LogP contribution >= 0.6 is 0 Å². The minimum atomic E-state index is 0.633. The third-order valence-corrected chi connectivity index (χ3v) is 3.40. The Morgan fingerprint density at radius 1 is 1.28 bits per heavy atom. The van der Waals surface area contributed by atoms with Crippen LogP contribution in [-0.4, -0.2) is 29.8 Å². The molecule has 3 N–H and O–H groups in total. The lowest BCUT2D eigenvalue weighted by atomic mass is 10.1. The van der Waals surface area contributed by atoms with Gasteiger partial charge in [-0.25, -0.2) is 9.97 Å². The molecule has 0 radical (unpaired) electrons. The molecule has 130 valence electrons. The fourth-order valence-electron chi connectivity index (χ4n) is 2.13. The highest BCUT2D eigenvalue weighted by Gasteiger charge is 2.00. The van der Waals surface area contributed by atoms with Crippen LogP contribution in [0.15, 0.2) is 54.1 Å². The number of rotatable bonds is 8. The molecule has 0 bridgehead atoms. The molecule has 0 fully saturated rings. The van der Waals surface area contributed by atoms with Crippen molar-refractivity contribution in [2.75, 3.05) is 19.0 Å². The van der Waals surface area contributed by atoms with Gasteiger partial charge < -0.3 is 15.8 Å². The van der Waals surface area contributed by atoms with Crippen LogP contribution < -0.4 is 11.1 Å². The molecule has 0 aliphatic heterocycles. The van der Waals surface area contributed by atoms with Crippen LogP contribution in [0, 0.1) is 0 Å². The van der Waals surface area contributed by atoms with Gasteiger partial charge >= 0.3 is 0 Å². The highest BCUT2D eigenvalue weighted by molar-refractivity contribution is 6.09. The van der Waals surface area contributed by atoms with Crippen molar-refractivity contribution in [3.05, 3.63) is 65.9 Å². The maximum atomic E-state index is 5.63. The minimum absolute atomic E-state index is 0.633. The SMILES string of the molecule is CCO/C=C/c1cc(NCc2ccc(/C(C=NC)=C/N)cc2)ncn1. The maximum Gasteiger partial charge on any atom is 0.130 e. The molecule has 1 aromatic carbocycles. The van der Waals surface area contributed by atoms with Crippen LogP contribution in [0.2, 0.25) is 0 Å². The van der Waals surface area contributed by atoms with E-state index < -0.39 is 0 Å². The lowest BCUT2D eigenvalue weighted by Crippen LogP contribution is -2.02. The lowest BCUT2D eigenvalue weighted by Gasteiger charge is -2.07. The zero-order valence-electron chi connectivity index (χ0n) is 14.5. The van der Waals surface area contributed by atoms with E-state index in [4.69, 9.17) is 10.5 Å². The van der Waals surface area contributed by atoms with E-state index in [2.05, 4.69) is 20.3 Å². The van der Waals surface area contributed by atoms with E-state index in [0.29, 0.717) is 13.2 Å². The third-order valence-electron chi connectivity index (χ3n) is 3.40. The summed E-state index contributed by atoms with van der Waals surface area (Å²) >= 11 is 0. The first-order valence-corrected chi connectivity index (χ1v) is 8.04. The van der Waals surface area contributed by atoms with Crippen LogP contribution in [0.1, 0.15) is 23.7 Å². The van der Waals surface area contributed by atoms with Gasteiger partial charge in [0.2, 0.25) is 0 Å². The molecule has 25 heavy (non-hydrogen) atoms. The summed E-state index contributed by atoms with van der Waals surface area (Å²) in [4.78, 5) is 12.4. The Balaban J connectivity index is 1.98. The first-order valence-electron chi connectivity index (χ1n) is 8.04. The Hall–Kier alpha value is -3.15. The molecule has 6 heteroatoms. The first kappa shape index (κ1) is 18.2. The predicted octanol–water partition coefficient (Wildman–Crippen LogP) is 3.10. The van der Waals surface area contributed by atoms with E-state index in [0.717, 1.165) is 28.2 Å². The highest BCUT2D eigenvalue weighted by Crippen LogP contribution is 2.14. The Labute approximate surface area is 148 Å². The van der Waals surface area contributed by atoms with Crippen molar-refractivity contribution >= 4 is 23.7 Å². The van der Waals surface area contributed by atoms with E-state index in [1.807, 2.05) is 37.3 Å². The second-order valence-corrected chi connectivity index (χ2v) is 5.15. The van der Waals surface area contributed by atoms with Crippen molar-refractivity contribution in [3.63, 3.8) is 0 Å². The van der Waals surface area contributed by atoms with Gasteiger partial charge in [-0.3, -0.25) is 4.99 Å². The van der Waals surface area contributed by atoms with Crippen LogP contribution in [0.5, 0.6) is 0 Å². The molecule has 0 amide bonds. The van der Waals surface area contributed by atoms with Crippen molar-refractivity contribution in [1.29, 1.82) is 0 Å². The number of benzene rings is 1. The average molecular weight is 337 g/mol. The molecule has 6 nitrogen and oxygen atoms in total. The lowest BCUT2D eigenvalue weighted by molar-refractivity contribution is 0.272. The smallest absolute Gasteiger partial charge is 0.130 e. The summed E-state index contributed by atoms with van der Waals surface area (Å²) < 4.78 is 5.18. The fourth-order valence-corrected chi connectivity index (χ4v) is 2.13. The number of aliphatic imine (C=N–C) groups is 1. The quantitative estimate of drug-likeness (QED) is 0.571. The van der Waals surface area contributed by atoms with Crippen LogP contribution in [-0.2, 0) is 11.3 Å². The number of hydrogen-bond acceptors (Lipinski definition) is 6. The summed E-state index contributed by atoms with van der Waals surface area (Å²) in [6, 6.07) is 10.0. The molecule has 1 heterocycles. The summed E-state index contributed by atoms with van der Waals surface area (Å²) in [6.45, 7) is 3.23. The first-order chi connectivity index (χ1) is 12.3. The van der Waals surface area contributed by atoms with Gasteiger partial charge in [-0.15, -0.1) is 0 Å². The normalized spacial score (nSPS) is 12.0. The van der Waals surface area contributed by atoms with E-state index in [1.54, 1.807) is 31.8 Å². The molecular formula is C19H23N5O. The number of aromatic nitrogens is 2. The van der Waals surface area contributed by atoms with Gasteiger partial charge in [-0.05, 0) is 24.1 Å². The Morgan fingerprint density at radius 3 is 2.76 bits per heavy atom. The van der Waals surface area contributed by atoms with Crippen LogP contribution in [0.25, 0.3) is 11.6 Å². The summed E-state index contributed by atoms with van der Waals surface area (Å²) in [7, 11) is 1.72. The molecule has 0 spiro atoms. The number of nitrogens with two attached hydrogens (primary N) is 1. The van der Waals surface area contributed by atoms with E-state index in [-0.39, 0.29) is 0 Å². The van der Waals surface area contributed by atoms with Crippen molar-refractivity contribution in [1.82, 2.24) is 9.97 Å². The number of ether oxygens (including phenoxy) is 1. The number of nitrogens with zero attached hydrogens (tertiary/aromatic N) is 3. The summed E-state index contributed by atoms with van der Waals surface area (Å²) in [5.41, 5.74) is 9.48. The van der Waals surface area contributed by atoms with Crippen molar-refractivity contribution < 1.29 is 4.74 Å². The number of nitrogens with one attached hydrogen (secondary N) is 1. The van der Waals surface area contributed by atoms with Gasteiger partial charge in [0, 0.05) is 37.6 Å². The average Bonchev–Trinajstić information content (AvgIpc) is 2.65. The second-order valence-electron chi connectivity index (χ2n) is 5.15. The third kappa shape index (κ3) is 5.76. The summed E-state index contributed by atoms with van der Waals surface area (Å²) in [5.74, 6) is 0.760.